The van der Waals surface area contributed by atoms with E-state index in [-0.39, 0.29) is 43.8 Å². The van der Waals surface area contributed by atoms with Crippen molar-refractivity contribution >= 4 is 101 Å². The van der Waals surface area contributed by atoms with Crippen LogP contribution in [0, 0.1) is 0 Å². The quantitative estimate of drug-likeness (QED) is 0.127. The van der Waals surface area contributed by atoms with Crippen molar-refractivity contribution in [3.63, 3.8) is 0 Å². The predicted octanol–water partition coefficient (Wildman–Crippen LogP) is 23.3. The van der Waals surface area contributed by atoms with E-state index in [0.29, 0.717) is 78.3 Å². The highest BCUT2D eigenvalue weighted by atomic mass is 15.2. The molecule has 2 aliphatic heterocycles. The van der Waals surface area contributed by atoms with Gasteiger partial charge in [0.05, 0.1) is 63.6 Å². The van der Waals surface area contributed by atoms with Gasteiger partial charge in [-0.3, -0.25) is 0 Å². The normalized spacial score (nSPS) is 15.6. The molecule has 0 spiro atoms. The summed E-state index contributed by atoms with van der Waals surface area (Å²) in [6, 6.07) is 54.0. The minimum atomic E-state index is -1.65. The van der Waals surface area contributed by atoms with Gasteiger partial charge in [-0.25, -0.2) is 0 Å². The van der Waals surface area contributed by atoms with Gasteiger partial charge in [-0.1, -0.05) is 299 Å². The molecule has 17 aromatic rings. The zero-order valence-electron chi connectivity index (χ0n) is 75.7. The highest BCUT2D eigenvalue weighted by Gasteiger charge is 2.46. The maximum absolute atomic E-state index is 11.8. The van der Waals surface area contributed by atoms with Gasteiger partial charge >= 0.3 is 0 Å². The number of anilines is 6. The highest BCUT2D eigenvalue weighted by molar-refractivity contribution is 7.00. The maximum atomic E-state index is 11.8. The zero-order chi connectivity index (χ0) is 85.0. The number of aromatic nitrogens is 2. The Kier molecular flexibility index (Phi) is 9.25. The van der Waals surface area contributed by atoms with Crippen molar-refractivity contribution < 1.29 is 30.2 Å². The summed E-state index contributed by atoms with van der Waals surface area (Å²) in [6.07, 6.45) is 0. The Morgan fingerprint density at radius 3 is 0.970 bits per heavy atom. The summed E-state index contributed by atoms with van der Waals surface area (Å²) in [5, 5.41) is -1.42. The van der Waals surface area contributed by atoms with E-state index in [9.17, 15) is 24.7 Å². The second-order valence-electron chi connectivity index (χ2n) is 25.8. The van der Waals surface area contributed by atoms with E-state index in [1.54, 1.807) is 0 Å². The first-order valence-electron chi connectivity index (χ1n) is 43.7. The predicted molar refractivity (Wildman–Crippen MR) is 420 cm³/mol. The van der Waals surface area contributed by atoms with E-state index in [4.69, 9.17) is 5.48 Å². The van der Waals surface area contributed by atoms with Crippen molar-refractivity contribution in [2.24, 2.45) is 0 Å². The number of fused-ring (bicyclic) bond motifs is 10. The van der Waals surface area contributed by atoms with Crippen molar-refractivity contribution in [2.75, 3.05) is 9.80 Å². The molecule has 0 atom stereocenters. The first kappa shape index (κ1) is 39.6. The number of benzene rings is 15. The molecule has 4 heterocycles. The maximum Gasteiger partial charge on any atom is 0.252 e. The lowest BCUT2D eigenvalue weighted by Gasteiger charge is -2.46. The lowest BCUT2D eigenvalue weighted by atomic mass is 9.33. The van der Waals surface area contributed by atoms with Gasteiger partial charge < -0.3 is 18.9 Å². The summed E-state index contributed by atoms with van der Waals surface area (Å²) in [7, 11) is 0. The fourth-order valence-corrected chi connectivity index (χ4v) is 14.7. The Hall–Kier alpha value is -12.4. The van der Waals surface area contributed by atoms with Crippen LogP contribution in [0.4, 0.5) is 34.1 Å². The highest BCUT2D eigenvalue weighted by Crippen LogP contribution is 2.55. The standard InChI is InChI=1S/C94H67BN4/c1-94(2,3)70-58-89-91-90(59-70)99(93-75(68-38-24-36-66(56-68)62-28-8-4-9-29-62)46-27-47-76(93)69-39-25-37-67(57-69)63-30-10-5-11-31-63)88-61-72(97-85-50-22-18-42-79(85)80-43-19-23-51-86(80)97)53-55-82(88)95(91)81-54-52-71(96-83-48-20-16-40-77(83)78-41-17-21-49-84(78)96)60-87(81)98(89)92-73(64-32-12-6-13-33-64)44-26-45-74(92)65-34-14-7-15-35-65/h4-61H,1-3H3/i16D,17D,18D,19D,20D,21D,22D,23D,40D,41D,42D,43D,48D,49D,50D,51D,52D,53D,54D,55D,60D,61D. The summed E-state index contributed by atoms with van der Waals surface area (Å²) >= 11 is 0. The van der Waals surface area contributed by atoms with Crippen LogP contribution in [0.25, 0.3) is 122 Å². The molecule has 2 aromatic heterocycles. The van der Waals surface area contributed by atoms with Crippen LogP contribution in [0.3, 0.4) is 0 Å². The van der Waals surface area contributed by atoms with Gasteiger partial charge in [0.1, 0.15) is 0 Å². The van der Waals surface area contributed by atoms with Crippen LogP contribution < -0.4 is 26.2 Å². The van der Waals surface area contributed by atoms with E-state index < -0.39 is 179 Å². The Balaban J connectivity index is 1.07. The largest absolute Gasteiger partial charge is 0.310 e. The summed E-state index contributed by atoms with van der Waals surface area (Å²) in [4.78, 5) is 3.73. The Bertz CT molecular complexity index is 7100. The fraction of sp³-hybridized carbons (Fsp3) is 0.0426. The molecule has 2 aliphatic rings. The second-order valence-corrected chi connectivity index (χ2v) is 25.8. The van der Waals surface area contributed by atoms with E-state index in [1.165, 1.54) is 0 Å². The minimum Gasteiger partial charge on any atom is -0.310 e. The van der Waals surface area contributed by atoms with Gasteiger partial charge in [0.2, 0.25) is 0 Å². The molecule has 0 unspecified atom stereocenters. The molecule has 0 aliphatic carbocycles. The van der Waals surface area contributed by atoms with Crippen LogP contribution in [0.1, 0.15) is 56.5 Å². The summed E-state index contributed by atoms with van der Waals surface area (Å²) in [5.74, 6) is 0. The lowest BCUT2D eigenvalue weighted by molar-refractivity contribution is 0.590. The van der Waals surface area contributed by atoms with Gasteiger partial charge in [-0.05, 0) is 144 Å². The molecule has 0 amide bonds. The van der Waals surface area contributed by atoms with Gasteiger partial charge in [-0.2, -0.15) is 0 Å². The van der Waals surface area contributed by atoms with Crippen molar-refractivity contribution in [3.05, 3.63) is 357 Å². The third kappa shape index (κ3) is 9.44. The van der Waals surface area contributed by atoms with Crippen LogP contribution in [0.2, 0.25) is 0 Å². The molecule has 0 bridgehead atoms. The van der Waals surface area contributed by atoms with E-state index in [1.807, 2.05) is 249 Å². The molecule has 466 valence electrons. The van der Waals surface area contributed by atoms with Crippen molar-refractivity contribution in [1.29, 1.82) is 0 Å². The Morgan fingerprint density at radius 1 is 0.293 bits per heavy atom. The molecule has 15 aromatic carbocycles. The van der Waals surface area contributed by atoms with E-state index >= 15 is 0 Å². The molecule has 4 nitrogen and oxygen atoms in total. The minimum absolute atomic E-state index is 0.164. The fourth-order valence-electron chi connectivity index (χ4n) is 14.7. The summed E-state index contributed by atoms with van der Waals surface area (Å²) in [5.41, 5.74) is 6.15. The molecule has 0 fully saturated rings. The first-order valence-corrected chi connectivity index (χ1v) is 32.7. The monoisotopic (exact) mass is 1280 g/mol. The average Bonchev–Trinajstić information content (AvgIpc) is 1.37. The molecule has 0 N–H and O–H groups in total. The first-order chi connectivity index (χ1) is 58.0. The van der Waals surface area contributed by atoms with Crippen LogP contribution in [-0.2, 0) is 5.41 Å². The van der Waals surface area contributed by atoms with E-state index in [0.717, 1.165) is 31.4 Å². The third-order valence-corrected chi connectivity index (χ3v) is 19.2. The van der Waals surface area contributed by atoms with Crippen LogP contribution in [-0.4, -0.2) is 15.8 Å². The topological polar surface area (TPSA) is 16.3 Å². The summed E-state index contributed by atoms with van der Waals surface area (Å²) < 4.78 is 222. The number of hydrogen-bond donors (Lipinski definition) is 0. The number of rotatable bonds is 10. The van der Waals surface area contributed by atoms with E-state index in [2.05, 4.69) is 0 Å². The Morgan fingerprint density at radius 2 is 0.606 bits per heavy atom. The molecule has 19 rings (SSSR count). The molecule has 0 radical (unpaired) electrons. The Labute approximate surface area is 608 Å². The second kappa shape index (κ2) is 23.2. The zero-order valence-corrected chi connectivity index (χ0v) is 53.7. The molecule has 0 saturated carbocycles. The number of para-hydroxylation sites is 6. The lowest BCUT2D eigenvalue weighted by Crippen LogP contribution is -2.61. The van der Waals surface area contributed by atoms with Crippen LogP contribution in [0.15, 0.2) is 351 Å². The molecular formula is C94H67BN4. The van der Waals surface area contributed by atoms with Gasteiger partial charge in [0.15, 0.2) is 0 Å². The summed E-state index contributed by atoms with van der Waals surface area (Å²) in [6.45, 7) is 4.39. The van der Waals surface area contributed by atoms with Crippen LogP contribution in [0.5, 0.6) is 0 Å². The average molecular weight is 1290 g/mol. The molecule has 99 heavy (non-hydrogen) atoms. The third-order valence-electron chi connectivity index (χ3n) is 19.2. The SMILES string of the molecule is [2H]c1c([2H])c(-n2c3c([2H])c([2H])c([2H])c([2H])c3c3c([2H])c([2H])c([2H])c([2H])c32)c([2H])c2c1B1c3c(cc(C(C)(C)C)cc3N(c3c(-c4cccc(-c5ccccc5)c4)cccc3-c3cccc(-c4ccccc4)c3)c3c([2H])c(-n4c5c([2H])c([2H])c([2H])c([2H])c5c5c([2H])c([2H])c([2H])c([2H])c54)c([2H])c([2H])c31)N2c1c(-c2ccccc2)cccc1-c1ccccc1. The number of nitrogens with zero attached hydrogens (tertiary/aromatic N) is 4. The van der Waals surface area contributed by atoms with Gasteiger partial charge in [-0.15, -0.1) is 0 Å². The van der Waals surface area contributed by atoms with Gasteiger partial charge in [0, 0.05) is 77.9 Å². The van der Waals surface area contributed by atoms with Crippen molar-refractivity contribution in [1.82, 2.24) is 9.13 Å². The van der Waals surface area contributed by atoms with Crippen LogP contribution >= 0.6 is 0 Å². The van der Waals surface area contributed by atoms with Crippen molar-refractivity contribution in [2.45, 2.75) is 26.2 Å². The molecular weight excluding hydrogens is 1200 g/mol. The van der Waals surface area contributed by atoms with Gasteiger partial charge in [0.25, 0.3) is 6.71 Å². The van der Waals surface area contributed by atoms with Crippen molar-refractivity contribution in [3.8, 4) is 78.1 Å². The smallest absolute Gasteiger partial charge is 0.252 e. The molecule has 0 saturated heterocycles. The number of hydrogen-bond acceptors (Lipinski definition) is 2. The molecule has 5 heteroatoms.